The molecule has 1 amide bonds. The molecule has 5 nitrogen and oxygen atoms in total. The van der Waals surface area contributed by atoms with Gasteiger partial charge in [-0.1, -0.05) is 12.8 Å². The maximum atomic E-state index is 12.6. The lowest BCUT2D eigenvalue weighted by atomic mass is 10.0. The average Bonchev–Trinajstić information content (AvgIpc) is 3.09. The molecule has 3 aliphatic rings. The van der Waals surface area contributed by atoms with Crippen molar-refractivity contribution < 1.29 is 9.53 Å². The molecule has 1 aliphatic carbocycles. The first-order valence-electron chi connectivity index (χ1n) is 8.55. The smallest absolute Gasteiger partial charge is 0.241 e. The van der Waals surface area contributed by atoms with Gasteiger partial charge in [-0.2, -0.15) is 0 Å². The van der Waals surface area contributed by atoms with Crippen LogP contribution in [-0.4, -0.2) is 66.8 Å². The zero-order valence-corrected chi connectivity index (χ0v) is 13.4. The van der Waals surface area contributed by atoms with Gasteiger partial charge in [-0.3, -0.25) is 15.0 Å². The molecule has 0 aromatic carbocycles. The monoisotopic (exact) mass is 295 g/mol. The van der Waals surface area contributed by atoms with Crippen molar-refractivity contribution in [2.24, 2.45) is 5.92 Å². The lowest BCUT2D eigenvalue weighted by Gasteiger charge is -2.37. The van der Waals surface area contributed by atoms with Gasteiger partial charge in [0, 0.05) is 25.7 Å². The fourth-order valence-corrected chi connectivity index (χ4v) is 4.14. The highest BCUT2D eigenvalue weighted by atomic mass is 16.5. The van der Waals surface area contributed by atoms with Crippen LogP contribution in [0.2, 0.25) is 0 Å². The van der Waals surface area contributed by atoms with Gasteiger partial charge in [0.1, 0.15) is 0 Å². The number of rotatable bonds is 4. The third-order valence-electron chi connectivity index (χ3n) is 5.29. The van der Waals surface area contributed by atoms with E-state index in [1.165, 1.54) is 25.7 Å². The Balaban J connectivity index is 1.65. The number of hydrogen-bond donors (Lipinski definition) is 1. The molecule has 2 aliphatic heterocycles. The van der Waals surface area contributed by atoms with E-state index in [2.05, 4.69) is 22.0 Å². The van der Waals surface area contributed by atoms with Crippen LogP contribution in [0.4, 0.5) is 0 Å². The molecule has 0 radical (unpaired) electrons. The van der Waals surface area contributed by atoms with Crippen LogP contribution in [0.15, 0.2) is 0 Å². The maximum absolute atomic E-state index is 12.6. The van der Waals surface area contributed by atoms with Gasteiger partial charge in [0.25, 0.3) is 0 Å². The first-order valence-corrected chi connectivity index (χ1v) is 8.55. The SMILES string of the molecule is CC1NC(C2CCCC2)N(C(C)CN2CCOCC2)C1=O. The van der Waals surface area contributed by atoms with Gasteiger partial charge in [0.05, 0.1) is 25.4 Å². The van der Waals surface area contributed by atoms with Crippen molar-refractivity contribution in [3.05, 3.63) is 0 Å². The topological polar surface area (TPSA) is 44.8 Å². The molecule has 1 N–H and O–H groups in total. The first-order chi connectivity index (χ1) is 10.2. The van der Waals surface area contributed by atoms with E-state index in [1.54, 1.807) is 0 Å². The summed E-state index contributed by atoms with van der Waals surface area (Å²) in [4.78, 5) is 17.2. The Morgan fingerprint density at radius 2 is 1.95 bits per heavy atom. The van der Waals surface area contributed by atoms with Gasteiger partial charge in [0.15, 0.2) is 0 Å². The van der Waals surface area contributed by atoms with Crippen LogP contribution in [0, 0.1) is 5.92 Å². The summed E-state index contributed by atoms with van der Waals surface area (Å²) in [6.07, 6.45) is 5.41. The van der Waals surface area contributed by atoms with Crippen molar-refractivity contribution in [3.63, 3.8) is 0 Å². The number of ether oxygens (including phenoxy) is 1. The number of nitrogens with zero attached hydrogens (tertiary/aromatic N) is 2. The predicted molar refractivity (Wildman–Crippen MR) is 81.9 cm³/mol. The summed E-state index contributed by atoms with van der Waals surface area (Å²) in [5.74, 6) is 0.929. The fraction of sp³-hybridized carbons (Fsp3) is 0.938. The highest BCUT2D eigenvalue weighted by molar-refractivity contribution is 5.84. The third kappa shape index (κ3) is 3.25. The maximum Gasteiger partial charge on any atom is 0.241 e. The molecular formula is C16H29N3O2. The van der Waals surface area contributed by atoms with E-state index >= 15 is 0 Å². The molecule has 3 fully saturated rings. The van der Waals surface area contributed by atoms with Crippen LogP contribution in [0.5, 0.6) is 0 Å². The number of hydrogen-bond acceptors (Lipinski definition) is 4. The minimum atomic E-state index is -0.0252. The Morgan fingerprint density at radius 1 is 1.29 bits per heavy atom. The quantitative estimate of drug-likeness (QED) is 0.842. The van der Waals surface area contributed by atoms with Crippen LogP contribution in [0.1, 0.15) is 39.5 Å². The lowest BCUT2D eigenvalue weighted by molar-refractivity contribution is -0.133. The summed E-state index contributed by atoms with van der Waals surface area (Å²) < 4.78 is 5.41. The molecule has 3 atom stereocenters. The number of carbonyl (C=O) groups is 1. The number of carbonyl (C=O) groups excluding carboxylic acids is 1. The first kappa shape index (κ1) is 15.3. The number of morpholine rings is 1. The number of amides is 1. The van der Waals surface area contributed by atoms with Gasteiger partial charge in [-0.15, -0.1) is 0 Å². The van der Waals surface area contributed by atoms with Gasteiger partial charge < -0.3 is 9.64 Å². The summed E-state index contributed by atoms with van der Waals surface area (Å²) >= 11 is 0. The summed E-state index contributed by atoms with van der Waals surface area (Å²) in [5.41, 5.74) is 0. The van der Waals surface area contributed by atoms with Crippen molar-refractivity contribution in [2.75, 3.05) is 32.8 Å². The second-order valence-corrected chi connectivity index (χ2v) is 6.89. The van der Waals surface area contributed by atoms with E-state index in [1.807, 2.05) is 6.92 Å². The second kappa shape index (κ2) is 6.63. The highest BCUT2D eigenvalue weighted by Crippen LogP contribution is 2.33. The Bertz CT molecular complexity index is 365. The van der Waals surface area contributed by atoms with Gasteiger partial charge in [0.2, 0.25) is 5.91 Å². The minimum Gasteiger partial charge on any atom is -0.379 e. The molecule has 3 rings (SSSR count). The van der Waals surface area contributed by atoms with Crippen molar-refractivity contribution >= 4 is 5.91 Å². The van der Waals surface area contributed by atoms with Crippen LogP contribution >= 0.6 is 0 Å². The molecule has 3 unspecified atom stereocenters. The molecule has 2 saturated heterocycles. The molecule has 1 saturated carbocycles. The zero-order valence-electron chi connectivity index (χ0n) is 13.4. The third-order valence-corrected chi connectivity index (χ3v) is 5.29. The number of nitrogens with one attached hydrogen (secondary N) is 1. The Morgan fingerprint density at radius 3 is 2.62 bits per heavy atom. The normalized spacial score (nSPS) is 33.8. The highest BCUT2D eigenvalue weighted by Gasteiger charge is 2.43. The zero-order chi connectivity index (χ0) is 14.8. The van der Waals surface area contributed by atoms with Crippen molar-refractivity contribution in [1.29, 1.82) is 0 Å². The van der Waals surface area contributed by atoms with E-state index in [9.17, 15) is 4.79 Å². The summed E-state index contributed by atoms with van der Waals surface area (Å²) in [6.45, 7) is 8.79. The Kier molecular flexibility index (Phi) is 4.82. The van der Waals surface area contributed by atoms with Crippen molar-refractivity contribution in [3.8, 4) is 0 Å². The van der Waals surface area contributed by atoms with E-state index < -0.39 is 0 Å². The Labute approximate surface area is 128 Å². The molecule has 0 bridgehead atoms. The van der Waals surface area contributed by atoms with Crippen molar-refractivity contribution in [1.82, 2.24) is 15.1 Å². The van der Waals surface area contributed by atoms with Gasteiger partial charge >= 0.3 is 0 Å². The molecule has 0 aromatic rings. The van der Waals surface area contributed by atoms with Crippen LogP contribution in [0.25, 0.3) is 0 Å². The molecule has 120 valence electrons. The standard InChI is InChI=1S/C16H29N3O2/c1-12(11-18-7-9-21-10-8-18)19-15(14-5-3-4-6-14)17-13(2)16(19)20/h12-15,17H,3-11H2,1-2H3. The Hall–Kier alpha value is -0.650. The van der Waals surface area contributed by atoms with E-state index in [0.717, 1.165) is 32.8 Å². The summed E-state index contributed by atoms with van der Waals surface area (Å²) in [5, 5.41) is 3.55. The molecule has 5 heteroatoms. The average molecular weight is 295 g/mol. The molecule has 2 heterocycles. The predicted octanol–water partition coefficient (Wildman–Crippen LogP) is 1.04. The fourth-order valence-electron chi connectivity index (χ4n) is 4.14. The van der Waals surface area contributed by atoms with Crippen LogP contribution in [-0.2, 0) is 9.53 Å². The lowest BCUT2D eigenvalue weighted by Crippen LogP contribution is -2.52. The van der Waals surface area contributed by atoms with E-state index in [-0.39, 0.29) is 24.2 Å². The largest absolute Gasteiger partial charge is 0.379 e. The van der Waals surface area contributed by atoms with Gasteiger partial charge in [-0.05, 0) is 32.6 Å². The van der Waals surface area contributed by atoms with Crippen molar-refractivity contribution in [2.45, 2.75) is 57.8 Å². The summed E-state index contributed by atoms with van der Waals surface area (Å²) in [7, 11) is 0. The molecule has 21 heavy (non-hydrogen) atoms. The van der Waals surface area contributed by atoms with E-state index in [0.29, 0.717) is 5.92 Å². The summed E-state index contributed by atoms with van der Waals surface area (Å²) in [6, 6.07) is 0.251. The van der Waals surface area contributed by atoms with E-state index in [4.69, 9.17) is 4.74 Å². The second-order valence-electron chi connectivity index (χ2n) is 6.89. The van der Waals surface area contributed by atoms with Crippen LogP contribution in [0.3, 0.4) is 0 Å². The molecule has 0 spiro atoms. The van der Waals surface area contributed by atoms with Gasteiger partial charge in [-0.25, -0.2) is 0 Å². The minimum absolute atomic E-state index is 0.0252. The van der Waals surface area contributed by atoms with Crippen LogP contribution < -0.4 is 5.32 Å². The molecular weight excluding hydrogens is 266 g/mol. The molecule has 0 aromatic heterocycles.